The van der Waals surface area contributed by atoms with Gasteiger partial charge in [0.05, 0.1) is 9.80 Å². The van der Waals surface area contributed by atoms with Crippen molar-refractivity contribution in [3.05, 3.63) is 82.5 Å². The van der Waals surface area contributed by atoms with Crippen LogP contribution in [0.2, 0.25) is 5.02 Å². The summed E-state index contributed by atoms with van der Waals surface area (Å²) in [5.74, 6) is -0.962. The zero-order valence-corrected chi connectivity index (χ0v) is 16.8. The van der Waals surface area contributed by atoms with Gasteiger partial charge in [-0.25, -0.2) is 4.39 Å². The van der Waals surface area contributed by atoms with Crippen LogP contribution in [0.5, 0.6) is 0 Å². The number of nitrogens with zero attached hydrogens (tertiary/aromatic N) is 2. The average Bonchev–Trinajstić information content (AvgIpc) is 2.92. The van der Waals surface area contributed by atoms with Gasteiger partial charge in [-0.3, -0.25) is 9.69 Å². The molecule has 28 heavy (non-hydrogen) atoms. The summed E-state index contributed by atoms with van der Waals surface area (Å²) >= 11 is 6.65. The Morgan fingerprint density at radius 1 is 1.18 bits per heavy atom. The van der Waals surface area contributed by atoms with E-state index >= 15 is 0 Å². The molecule has 3 rings (SSSR count). The molecule has 2 aromatic rings. The summed E-state index contributed by atoms with van der Waals surface area (Å²) in [5, 5.41) is 0.364. The summed E-state index contributed by atoms with van der Waals surface area (Å²) in [7, 11) is -4.06. The molecular weight excluding hydrogens is 423 g/mol. The van der Waals surface area contributed by atoms with E-state index in [1.165, 1.54) is 59.5 Å². The van der Waals surface area contributed by atoms with Gasteiger partial charge in [0.25, 0.3) is 15.9 Å². The molecule has 1 amide bonds. The van der Waals surface area contributed by atoms with Crippen LogP contribution in [-0.2, 0) is 14.8 Å². The van der Waals surface area contributed by atoms with E-state index in [2.05, 4.69) is 11.0 Å². The largest absolute Gasteiger partial charge is 0.284 e. The molecule has 0 aromatic heterocycles. The summed E-state index contributed by atoms with van der Waals surface area (Å²) in [4.78, 5) is 14.0. The molecule has 1 fully saturated rings. The fourth-order valence-corrected chi connectivity index (χ4v) is 4.67. The van der Waals surface area contributed by atoms with Crippen molar-refractivity contribution < 1.29 is 17.6 Å². The third-order valence-electron chi connectivity index (χ3n) is 3.70. The molecule has 0 radical (unpaired) electrons. The predicted molar refractivity (Wildman–Crippen MR) is 110 cm³/mol. The normalized spacial score (nSPS) is 17.5. The molecule has 1 aliphatic rings. The lowest BCUT2D eigenvalue weighted by molar-refractivity contribution is -0.121. The van der Waals surface area contributed by atoms with Gasteiger partial charge in [-0.2, -0.15) is 8.42 Å². The molecule has 0 saturated carbocycles. The molecule has 0 N–H and O–H groups in total. The minimum atomic E-state index is -4.06. The van der Waals surface area contributed by atoms with Crippen LogP contribution in [0, 0.1) is 5.82 Å². The second kappa shape index (κ2) is 8.30. The summed E-state index contributed by atoms with van der Waals surface area (Å²) in [6.07, 6.45) is 2.82. The molecule has 5 nitrogen and oxygen atoms in total. The van der Waals surface area contributed by atoms with Crippen LogP contribution in [0.15, 0.2) is 75.4 Å². The Labute approximate surface area is 171 Å². The van der Waals surface area contributed by atoms with Crippen LogP contribution >= 0.6 is 23.4 Å². The van der Waals surface area contributed by atoms with Crippen LogP contribution in [0.3, 0.4) is 0 Å². The van der Waals surface area contributed by atoms with E-state index in [0.717, 1.165) is 11.8 Å². The van der Waals surface area contributed by atoms with Gasteiger partial charge in [0.1, 0.15) is 5.82 Å². The van der Waals surface area contributed by atoms with Crippen LogP contribution in [0.4, 0.5) is 4.39 Å². The topological polar surface area (TPSA) is 66.8 Å². The third kappa shape index (κ3) is 4.35. The van der Waals surface area contributed by atoms with Crippen LogP contribution in [0.25, 0.3) is 6.08 Å². The highest BCUT2D eigenvalue weighted by Crippen LogP contribution is 2.34. The monoisotopic (exact) mass is 436 g/mol. The number of hydrogen-bond donors (Lipinski definition) is 0. The third-order valence-corrected chi connectivity index (χ3v) is 6.36. The van der Waals surface area contributed by atoms with Gasteiger partial charge in [0.15, 0.2) is 5.17 Å². The van der Waals surface area contributed by atoms with Crippen molar-refractivity contribution in [2.75, 3.05) is 6.54 Å². The van der Waals surface area contributed by atoms with E-state index in [0.29, 0.717) is 5.02 Å². The molecule has 1 aliphatic heterocycles. The first-order valence-corrected chi connectivity index (χ1v) is 10.6. The number of amides is 1. The molecule has 0 spiro atoms. The maximum atomic E-state index is 13.9. The number of carbonyl (C=O) groups is 1. The minimum Gasteiger partial charge on any atom is -0.282 e. The number of carbonyl (C=O) groups excluding carboxylic acids is 1. The number of sulfonamides is 1. The minimum absolute atomic E-state index is 0.0255. The predicted octanol–water partition coefficient (Wildman–Crippen LogP) is 4.33. The Hall–Kier alpha value is -2.42. The van der Waals surface area contributed by atoms with Gasteiger partial charge >= 0.3 is 0 Å². The van der Waals surface area contributed by atoms with E-state index < -0.39 is 21.7 Å². The lowest BCUT2D eigenvalue weighted by Gasteiger charge is -2.12. The second-order valence-electron chi connectivity index (χ2n) is 5.64. The fraction of sp³-hybridized carbons (Fsp3) is 0.0526. The van der Waals surface area contributed by atoms with Crippen molar-refractivity contribution in [3.63, 3.8) is 0 Å². The molecule has 2 aromatic carbocycles. The second-order valence-corrected chi connectivity index (χ2v) is 8.69. The zero-order chi connectivity index (χ0) is 20.3. The van der Waals surface area contributed by atoms with Crippen molar-refractivity contribution in [3.8, 4) is 0 Å². The lowest BCUT2D eigenvalue weighted by Crippen LogP contribution is -2.29. The average molecular weight is 437 g/mol. The van der Waals surface area contributed by atoms with E-state index in [4.69, 9.17) is 11.6 Å². The molecule has 144 valence electrons. The number of amidine groups is 1. The number of halogens is 2. The molecule has 1 saturated heterocycles. The first-order chi connectivity index (χ1) is 13.3. The number of hydrogen-bond acceptors (Lipinski definition) is 4. The first kappa shape index (κ1) is 20.3. The van der Waals surface area contributed by atoms with Gasteiger partial charge in [-0.1, -0.05) is 35.9 Å². The van der Waals surface area contributed by atoms with Crippen molar-refractivity contribution >= 4 is 50.5 Å². The highest BCUT2D eigenvalue weighted by atomic mass is 35.5. The molecule has 0 bridgehead atoms. The quantitative estimate of drug-likeness (QED) is 0.517. The molecule has 0 atom stereocenters. The van der Waals surface area contributed by atoms with Crippen LogP contribution < -0.4 is 0 Å². The molecule has 1 heterocycles. The van der Waals surface area contributed by atoms with Gasteiger partial charge in [0, 0.05) is 17.1 Å². The molecule has 9 heteroatoms. The van der Waals surface area contributed by atoms with Crippen molar-refractivity contribution in [1.29, 1.82) is 0 Å². The summed E-state index contributed by atoms with van der Waals surface area (Å²) < 4.78 is 42.9. The molecular formula is C19H14ClFN2O3S2. The van der Waals surface area contributed by atoms with Gasteiger partial charge in [-0.05, 0) is 48.2 Å². The van der Waals surface area contributed by atoms with E-state index in [1.54, 1.807) is 6.07 Å². The van der Waals surface area contributed by atoms with Crippen molar-refractivity contribution in [1.82, 2.24) is 4.90 Å². The van der Waals surface area contributed by atoms with E-state index in [-0.39, 0.29) is 27.1 Å². The zero-order valence-electron chi connectivity index (χ0n) is 14.4. The molecule has 0 aliphatic carbocycles. The van der Waals surface area contributed by atoms with E-state index in [9.17, 15) is 17.6 Å². The fourth-order valence-electron chi connectivity index (χ4n) is 2.36. The maximum Gasteiger partial charge on any atom is 0.284 e. The first-order valence-electron chi connectivity index (χ1n) is 7.99. The Morgan fingerprint density at radius 2 is 1.86 bits per heavy atom. The van der Waals surface area contributed by atoms with Crippen molar-refractivity contribution in [2.45, 2.75) is 4.90 Å². The van der Waals surface area contributed by atoms with Gasteiger partial charge in [-0.15, -0.1) is 11.0 Å². The Kier molecular flexibility index (Phi) is 6.02. The van der Waals surface area contributed by atoms with Crippen LogP contribution in [0.1, 0.15) is 5.56 Å². The van der Waals surface area contributed by atoms with Gasteiger partial charge < -0.3 is 0 Å². The van der Waals surface area contributed by atoms with Crippen LogP contribution in [-0.4, -0.2) is 30.9 Å². The highest BCUT2D eigenvalue weighted by Gasteiger charge is 2.34. The SMILES string of the molecule is C=CCN1C(=O)C(=Cc2ccccc2F)SC1=NS(=O)(=O)c1ccc(Cl)cc1. The van der Waals surface area contributed by atoms with Crippen molar-refractivity contribution in [2.24, 2.45) is 4.40 Å². The Bertz CT molecular complexity index is 1100. The summed E-state index contributed by atoms with van der Waals surface area (Å²) in [6, 6.07) is 11.5. The molecule has 0 unspecified atom stereocenters. The number of thioether (sulfide) groups is 1. The Balaban J connectivity index is 2.01. The summed E-state index contributed by atoms with van der Waals surface area (Å²) in [5.41, 5.74) is 0.221. The smallest absolute Gasteiger partial charge is 0.282 e. The maximum absolute atomic E-state index is 13.9. The number of rotatable bonds is 5. The lowest BCUT2D eigenvalue weighted by atomic mass is 10.2. The highest BCUT2D eigenvalue weighted by molar-refractivity contribution is 8.19. The van der Waals surface area contributed by atoms with Gasteiger partial charge in [0.2, 0.25) is 0 Å². The van der Waals surface area contributed by atoms with E-state index in [1.807, 2.05) is 0 Å². The summed E-state index contributed by atoms with van der Waals surface area (Å²) in [6.45, 7) is 3.64. The standard InChI is InChI=1S/C19H14ClFN2O3S2/c1-2-11-23-18(24)17(12-13-5-3-4-6-16(13)21)27-19(23)22-28(25,26)15-9-7-14(20)8-10-15/h2-10,12H,1,11H2. The Morgan fingerprint density at radius 3 is 2.50 bits per heavy atom. The number of benzene rings is 2.